The molecule has 4 rings (SSSR count). The van der Waals surface area contributed by atoms with Gasteiger partial charge in [-0.2, -0.15) is 4.80 Å². The van der Waals surface area contributed by atoms with E-state index in [2.05, 4.69) is 36.3 Å². The fourth-order valence-electron chi connectivity index (χ4n) is 2.28. The topological polar surface area (TPSA) is 69.6 Å². The average molecular weight is 400 g/mol. The van der Waals surface area contributed by atoms with Gasteiger partial charge in [-0.05, 0) is 53.7 Å². The van der Waals surface area contributed by atoms with E-state index in [1.165, 1.54) is 16.9 Å². The van der Waals surface area contributed by atoms with E-state index in [0.717, 1.165) is 15.6 Å². The minimum atomic E-state index is -0.296. The van der Waals surface area contributed by atoms with Gasteiger partial charge in [-0.25, -0.2) is 9.37 Å². The molecule has 0 saturated heterocycles. The third kappa shape index (κ3) is 3.48. The quantitative estimate of drug-likeness (QED) is 0.519. The first-order valence-electron chi connectivity index (χ1n) is 7.42. The lowest BCUT2D eigenvalue weighted by Crippen LogP contribution is -2.04. The van der Waals surface area contributed by atoms with E-state index in [-0.39, 0.29) is 12.4 Å². The summed E-state index contributed by atoms with van der Waals surface area (Å²) in [6.07, 6.45) is 1.59. The van der Waals surface area contributed by atoms with E-state index >= 15 is 0 Å². The van der Waals surface area contributed by atoms with Crippen LogP contribution in [0.1, 0.15) is 5.89 Å². The second-order valence-electron chi connectivity index (χ2n) is 5.28. The van der Waals surface area contributed by atoms with Crippen LogP contribution in [-0.4, -0.2) is 25.2 Å². The Morgan fingerprint density at radius 1 is 1.00 bits per heavy atom. The molecule has 0 saturated carbocycles. The standard InChI is InChI=1S/C17H11BrFN5O/c18-13-5-1-12(2-6-13)17-21-23-24(22-17)10-16-20-9-15(25-16)11-3-7-14(19)8-4-11/h1-9H,10H2. The van der Waals surface area contributed by atoms with Crippen LogP contribution in [-0.2, 0) is 6.54 Å². The molecule has 0 bridgehead atoms. The Kier molecular flexibility index (Phi) is 4.10. The molecule has 0 aliphatic heterocycles. The lowest BCUT2D eigenvalue weighted by atomic mass is 10.2. The van der Waals surface area contributed by atoms with Crippen molar-refractivity contribution in [1.29, 1.82) is 0 Å². The number of hydrogen-bond acceptors (Lipinski definition) is 5. The van der Waals surface area contributed by atoms with Crippen LogP contribution in [0.4, 0.5) is 4.39 Å². The summed E-state index contributed by atoms with van der Waals surface area (Å²) in [5.41, 5.74) is 1.62. The largest absolute Gasteiger partial charge is 0.439 e. The van der Waals surface area contributed by atoms with Gasteiger partial charge < -0.3 is 4.42 Å². The van der Waals surface area contributed by atoms with E-state index in [4.69, 9.17) is 4.42 Å². The maximum absolute atomic E-state index is 13.0. The van der Waals surface area contributed by atoms with Crippen molar-refractivity contribution in [2.24, 2.45) is 0 Å². The molecule has 2 aromatic carbocycles. The van der Waals surface area contributed by atoms with Crippen molar-refractivity contribution in [3.05, 3.63) is 70.9 Å². The van der Waals surface area contributed by atoms with Crippen LogP contribution in [0.5, 0.6) is 0 Å². The molecule has 124 valence electrons. The van der Waals surface area contributed by atoms with Gasteiger partial charge in [0, 0.05) is 15.6 Å². The molecular weight excluding hydrogens is 389 g/mol. The maximum Gasteiger partial charge on any atom is 0.218 e. The zero-order chi connectivity index (χ0) is 17.2. The van der Waals surface area contributed by atoms with Crippen LogP contribution in [0, 0.1) is 5.82 Å². The van der Waals surface area contributed by atoms with E-state index in [1.807, 2.05) is 24.3 Å². The Morgan fingerprint density at radius 2 is 1.72 bits per heavy atom. The van der Waals surface area contributed by atoms with Gasteiger partial charge >= 0.3 is 0 Å². The van der Waals surface area contributed by atoms with E-state index in [1.54, 1.807) is 18.3 Å². The highest BCUT2D eigenvalue weighted by molar-refractivity contribution is 9.10. The van der Waals surface area contributed by atoms with Crippen LogP contribution < -0.4 is 0 Å². The van der Waals surface area contributed by atoms with Gasteiger partial charge in [0.15, 0.2) is 5.76 Å². The Balaban J connectivity index is 1.51. The third-order valence-corrected chi connectivity index (χ3v) is 4.04. The summed E-state index contributed by atoms with van der Waals surface area (Å²) in [6, 6.07) is 13.7. The van der Waals surface area contributed by atoms with Gasteiger partial charge in [0.05, 0.1) is 6.20 Å². The highest BCUT2D eigenvalue weighted by Gasteiger charge is 2.11. The molecule has 0 N–H and O–H groups in total. The van der Waals surface area contributed by atoms with Crippen molar-refractivity contribution in [2.75, 3.05) is 0 Å². The molecule has 25 heavy (non-hydrogen) atoms. The molecule has 6 nitrogen and oxygen atoms in total. The van der Waals surface area contributed by atoms with Crippen molar-refractivity contribution in [2.45, 2.75) is 6.54 Å². The predicted molar refractivity (Wildman–Crippen MR) is 92.0 cm³/mol. The molecule has 0 fully saturated rings. The van der Waals surface area contributed by atoms with Gasteiger partial charge in [-0.1, -0.05) is 15.9 Å². The van der Waals surface area contributed by atoms with Gasteiger partial charge in [0.2, 0.25) is 11.7 Å². The Morgan fingerprint density at radius 3 is 2.48 bits per heavy atom. The summed E-state index contributed by atoms with van der Waals surface area (Å²) >= 11 is 3.39. The third-order valence-electron chi connectivity index (χ3n) is 3.51. The zero-order valence-corrected chi connectivity index (χ0v) is 14.4. The summed E-state index contributed by atoms with van der Waals surface area (Å²) in [5, 5.41) is 12.4. The molecule has 0 spiro atoms. The minimum Gasteiger partial charge on any atom is -0.439 e. The highest BCUT2D eigenvalue weighted by atomic mass is 79.9. The number of hydrogen-bond donors (Lipinski definition) is 0. The normalized spacial score (nSPS) is 11.0. The van der Waals surface area contributed by atoms with Gasteiger partial charge in [0.1, 0.15) is 12.4 Å². The van der Waals surface area contributed by atoms with Crippen molar-refractivity contribution < 1.29 is 8.81 Å². The number of rotatable bonds is 4. The lowest BCUT2D eigenvalue weighted by molar-refractivity contribution is 0.446. The Labute approximate surface area is 150 Å². The van der Waals surface area contributed by atoms with E-state index < -0.39 is 0 Å². The maximum atomic E-state index is 13.0. The summed E-state index contributed by atoms with van der Waals surface area (Å²) in [6.45, 7) is 0.255. The molecule has 0 amide bonds. The summed E-state index contributed by atoms with van der Waals surface area (Å²) in [7, 11) is 0. The molecule has 0 unspecified atom stereocenters. The summed E-state index contributed by atoms with van der Waals surface area (Å²) in [4.78, 5) is 5.62. The van der Waals surface area contributed by atoms with Gasteiger partial charge in [-0.3, -0.25) is 0 Å². The number of halogens is 2. The first-order valence-corrected chi connectivity index (χ1v) is 8.21. The predicted octanol–water partition coefficient (Wildman–Crippen LogP) is 3.95. The molecule has 0 radical (unpaired) electrons. The van der Waals surface area contributed by atoms with Crippen LogP contribution in [0.15, 0.2) is 63.6 Å². The fourth-order valence-corrected chi connectivity index (χ4v) is 2.54. The lowest BCUT2D eigenvalue weighted by Gasteiger charge is -1.96. The van der Waals surface area contributed by atoms with Gasteiger partial charge in [0.25, 0.3) is 0 Å². The van der Waals surface area contributed by atoms with Gasteiger partial charge in [-0.15, -0.1) is 10.2 Å². The zero-order valence-electron chi connectivity index (χ0n) is 12.8. The van der Waals surface area contributed by atoms with Crippen LogP contribution in [0.2, 0.25) is 0 Å². The summed E-state index contributed by atoms with van der Waals surface area (Å²) < 4.78 is 19.6. The summed E-state index contributed by atoms with van der Waals surface area (Å²) in [5.74, 6) is 1.23. The molecule has 2 heterocycles. The molecular formula is C17H11BrFN5O. The number of aromatic nitrogens is 5. The first kappa shape index (κ1) is 15.6. The molecule has 8 heteroatoms. The molecule has 0 aliphatic carbocycles. The van der Waals surface area contributed by atoms with Crippen LogP contribution in [0.3, 0.4) is 0 Å². The number of nitrogens with zero attached hydrogens (tertiary/aromatic N) is 5. The van der Waals surface area contributed by atoms with Crippen molar-refractivity contribution in [1.82, 2.24) is 25.2 Å². The van der Waals surface area contributed by atoms with Crippen molar-refractivity contribution in [3.63, 3.8) is 0 Å². The second kappa shape index (κ2) is 6.56. The monoisotopic (exact) mass is 399 g/mol. The number of oxazole rings is 1. The number of tetrazole rings is 1. The van der Waals surface area contributed by atoms with E-state index in [0.29, 0.717) is 17.5 Å². The molecule has 0 atom stereocenters. The van der Waals surface area contributed by atoms with Crippen molar-refractivity contribution in [3.8, 4) is 22.7 Å². The van der Waals surface area contributed by atoms with E-state index in [9.17, 15) is 4.39 Å². The van der Waals surface area contributed by atoms with Crippen LogP contribution >= 0.6 is 15.9 Å². The fraction of sp³-hybridized carbons (Fsp3) is 0.0588. The SMILES string of the molecule is Fc1ccc(-c2cnc(Cn3nnc(-c4ccc(Br)cc4)n3)o2)cc1. The Bertz CT molecular complexity index is 913. The first-order chi connectivity index (χ1) is 12.2. The molecule has 0 aliphatic rings. The number of benzene rings is 2. The molecule has 4 aromatic rings. The van der Waals surface area contributed by atoms with Crippen LogP contribution in [0.25, 0.3) is 22.7 Å². The Hall–Kier alpha value is -2.87. The smallest absolute Gasteiger partial charge is 0.218 e. The average Bonchev–Trinajstić information content (AvgIpc) is 3.27. The second-order valence-corrected chi connectivity index (χ2v) is 6.19. The minimum absolute atomic E-state index is 0.255. The van der Waals surface area contributed by atoms with Crippen molar-refractivity contribution >= 4 is 15.9 Å². The molecule has 2 aromatic heterocycles. The highest BCUT2D eigenvalue weighted by Crippen LogP contribution is 2.21.